The summed E-state index contributed by atoms with van der Waals surface area (Å²) in [6, 6.07) is 11.3. The van der Waals surface area contributed by atoms with Crippen molar-refractivity contribution >= 4 is 21.6 Å². The van der Waals surface area contributed by atoms with Gasteiger partial charge in [-0.2, -0.15) is 0 Å². The number of aryl methyl sites for hydroxylation is 1. The van der Waals surface area contributed by atoms with Crippen molar-refractivity contribution in [2.45, 2.75) is 26.5 Å². The molecule has 2 rings (SSSR count). The van der Waals surface area contributed by atoms with Gasteiger partial charge in [0, 0.05) is 28.9 Å². The summed E-state index contributed by atoms with van der Waals surface area (Å²) >= 11 is 3.54. The molecule has 0 aliphatic heterocycles. The standard InChI is InChI=1S/C17H19BrFNO/c1-11-7-8-13(9-16(11)19)12(2)20-17-6-4-5-15(18)14(17)10-21-3/h4-9,12,20H,10H2,1-3H3. The van der Waals surface area contributed by atoms with Gasteiger partial charge in [-0.05, 0) is 43.2 Å². The molecule has 4 heteroatoms. The Bertz CT molecular complexity index is 630. The highest BCUT2D eigenvalue weighted by Crippen LogP contribution is 2.29. The third-order valence-electron chi connectivity index (χ3n) is 3.48. The zero-order valence-corrected chi connectivity index (χ0v) is 14.0. The topological polar surface area (TPSA) is 21.3 Å². The van der Waals surface area contributed by atoms with Crippen molar-refractivity contribution in [2.75, 3.05) is 12.4 Å². The molecule has 2 aromatic rings. The molecule has 1 unspecified atom stereocenters. The molecule has 21 heavy (non-hydrogen) atoms. The van der Waals surface area contributed by atoms with Gasteiger partial charge in [-0.25, -0.2) is 4.39 Å². The molecule has 0 aliphatic rings. The molecule has 0 saturated carbocycles. The van der Waals surface area contributed by atoms with Gasteiger partial charge in [0.2, 0.25) is 0 Å². The fourth-order valence-corrected chi connectivity index (χ4v) is 2.66. The highest BCUT2D eigenvalue weighted by Gasteiger charge is 2.12. The van der Waals surface area contributed by atoms with E-state index in [9.17, 15) is 4.39 Å². The van der Waals surface area contributed by atoms with Crippen LogP contribution < -0.4 is 5.32 Å². The summed E-state index contributed by atoms with van der Waals surface area (Å²) in [5, 5.41) is 3.42. The minimum atomic E-state index is -0.174. The summed E-state index contributed by atoms with van der Waals surface area (Å²) in [7, 11) is 1.67. The van der Waals surface area contributed by atoms with E-state index in [-0.39, 0.29) is 11.9 Å². The molecule has 112 valence electrons. The lowest BCUT2D eigenvalue weighted by Gasteiger charge is -2.19. The lowest BCUT2D eigenvalue weighted by Crippen LogP contribution is -2.09. The maximum atomic E-state index is 13.7. The molecule has 0 radical (unpaired) electrons. The monoisotopic (exact) mass is 351 g/mol. The zero-order chi connectivity index (χ0) is 15.4. The number of rotatable bonds is 5. The van der Waals surface area contributed by atoms with Gasteiger partial charge in [0.25, 0.3) is 0 Å². The van der Waals surface area contributed by atoms with Crippen molar-refractivity contribution in [3.8, 4) is 0 Å². The second-order valence-corrected chi connectivity index (χ2v) is 5.93. The van der Waals surface area contributed by atoms with E-state index in [0.29, 0.717) is 12.2 Å². The van der Waals surface area contributed by atoms with Crippen molar-refractivity contribution < 1.29 is 9.13 Å². The van der Waals surface area contributed by atoms with Crippen LogP contribution in [0.2, 0.25) is 0 Å². The van der Waals surface area contributed by atoms with Crippen molar-refractivity contribution in [3.05, 3.63) is 63.4 Å². The molecule has 0 amide bonds. The zero-order valence-electron chi connectivity index (χ0n) is 12.4. The number of halogens is 2. The number of methoxy groups -OCH3 is 1. The fourth-order valence-electron chi connectivity index (χ4n) is 2.18. The van der Waals surface area contributed by atoms with Crippen molar-refractivity contribution in [3.63, 3.8) is 0 Å². The SMILES string of the molecule is COCc1c(Br)cccc1NC(C)c1ccc(C)c(F)c1. The van der Waals surface area contributed by atoms with Gasteiger partial charge in [0.15, 0.2) is 0 Å². The smallest absolute Gasteiger partial charge is 0.126 e. The first-order valence-corrected chi connectivity index (χ1v) is 7.61. The van der Waals surface area contributed by atoms with Crippen LogP contribution in [-0.2, 0) is 11.3 Å². The van der Waals surface area contributed by atoms with Gasteiger partial charge in [-0.1, -0.05) is 34.1 Å². The number of anilines is 1. The maximum Gasteiger partial charge on any atom is 0.126 e. The minimum Gasteiger partial charge on any atom is -0.380 e. The van der Waals surface area contributed by atoms with Gasteiger partial charge in [-0.15, -0.1) is 0 Å². The Hall–Kier alpha value is -1.39. The van der Waals surface area contributed by atoms with E-state index in [2.05, 4.69) is 21.2 Å². The van der Waals surface area contributed by atoms with Crippen molar-refractivity contribution in [2.24, 2.45) is 0 Å². The summed E-state index contributed by atoms with van der Waals surface area (Å²) in [5.41, 5.74) is 3.62. The van der Waals surface area contributed by atoms with Gasteiger partial charge in [0.1, 0.15) is 5.82 Å². The molecule has 2 aromatic carbocycles. The van der Waals surface area contributed by atoms with E-state index in [1.807, 2.05) is 31.2 Å². The lowest BCUT2D eigenvalue weighted by molar-refractivity contribution is 0.185. The van der Waals surface area contributed by atoms with Gasteiger partial charge >= 0.3 is 0 Å². The molecule has 0 fully saturated rings. The number of hydrogen-bond donors (Lipinski definition) is 1. The second-order valence-electron chi connectivity index (χ2n) is 5.07. The highest BCUT2D eigenvalue weighted by atomic mass is 79.9. The van der Waals surface area contributed by atoms with Crippen molar-refractivity contribution in [1.82, 2.24) is 0 Å². The first kappa shape index (κ1) is 16.0. The molecule has 1 N–H and O–H groups in total. The normalized spacial score (nSPS) is 12.2. The predicted molar refractivity (Wildman–Crippen MR) is 88.0 cm³/mol. The Labute approximate surface area is 133 Å². The molecular weight excluding hydrogens is 333 g/mol. The molecule has 0 spiro atoms. The maximum absolute atomic E-state index is 13.7. The summed E-state index contributed by atoms with van der Waals surface area (Å²) in [5.74, 6) is -0.174. The Balaban J connectivity index is 2.24. The van der Waals surface area contributed by atoms with Crippen LogP contribution in [-0.4, -0.2) is 7.11 Å². The number of benzene rings is 2. The Morgan fingerprint density at radius 3 is 2.71 bits per heavy atom. The number of ether oxygens (including phenoxy) is 1. The number of nitrogens with one attached hydrogen (secondary N) is 1. The minimum absolute atomic E-state index is 0.00464. The lowest BCUT2D eigenvalue weighted by atomic mass is 10.0. The van der Waals surface area contributed by atoms with E-state index in [1.54, 1.807) is 26.2 Å². The molecule has 0 aromatic heterocycles. The third-order valence-corrected chi connectivity index (χ3v) is 4.22. The average molecular weight is 352 g/mol. The molecule has 0 aliphatic carbocycles. The van der Waals surface area contributed by atoms with Crippen molar-refractivity contribution in [1.29, 1.82) is 0 Å². The quantitative estimate of drug-likeness (QED) is 0.797. The first-order chi connectivity index (χ1) is 10.0. The molecule has 0 saturated heterocycles. The molecule has 0 heterocycles. The van der Waals surface area contributed by atoms with Crippen LogP contribution in [0.4, 0.5) is 10.1 Å². The van der Waals surface area contributed by atoms with Crippen LogP contribution in [0.5, 0.6) is 0 Å². The number of hydrogen-bond acceptors (Lipinski definition) is 2. The molecule has 0 bridgehead atoms. The first-order valence-electron chi connectivity index (χ1n) is 6.82. The second kappa shape index (κ2) is 7.05. The van der Waals surface area contributed by atoms with E-state index < -0.39 is 0 Å². The predicted octanol–water partition coefficient (Wildman–Crippen LogP) is 5.22. The van der Waals surface area contributed by atoms with Crippen LogP contribution in [0.3, 0.4) is 0 Å². The summed E-state index contributed by atoms with van der Waals surface area (Å²) in [4.78, 5) is 0. The molecular formula is C17H19BrFNO. The van der Waals surface area contributed by atoms with Gasteiger partial charge in [0.05, 0.1) is 6.61 Å². The van der Waals surface area contributed by atoms with E-state index in [4.69, 9.17) is 4.74 Å². The molecule has 2 nitrogen and oxygen atoms in total. The Kier molecular flexibility index (Phi) is 5.37. The van der Waals surface area contributed by atoms with Gasteiger partial charge < -0.3 is 10.1 Å². The fraction of sp³-hybridized carbons (Fsp3) is 0.294. The van der Waals surface area contributed by atoms with Crippen LogP contribution in [0.25, 0.3) is 0 Å². The third kappa shape index (κ3) is 3.83. The molecule has 1 atom stereocenters. The average Bonchev–Trinajstić information content (AvgIpc) is 2.45. The van der Waals surface area contributed by atoms with Crippen LogP contribution in [0.15, 0.2) is 40.9 Å². The Morgan fingerprint density at radius 1 is 1.29 bits per heavy atom. The van der Waals surface area contributed by atoms with Crippen LogP contribution in [0, 0.1) is 12.7 Å². The largest absolute Gasteiger partial charge is 0.380 e. The van der Waals surface area contributed by atoms with Gasteiger partial charge in [-0.3, -0.25) is 0 Å². The highest BCUT2D eigenvalue weighted by molar-refractivity contribution is 9.10. The summed E-state index contributed by atoms with van der Waals surface area (Å²) in [6.07, 6.45) is 0. The Morgan fingerprint density at radius 2 is 2.05 bits per heavy atom. The van der Waals surface area contributed by atoms with Crippen LogP contribution >= 0.6 is 15.9 Å². The van der Waals surface area contributed by atoms with E-state index in [0.717, 1.165) is 21.3 Å². The van der Waals surface area contributed by atoms with Crippen LogP contribution in [0.1, 0.15) is 29.7 Å². The van der Waals surface area contributed by atoms with E-state index in [1.165, 1.54) is 0 Å². The van der Waals surface area contributed by atoms with E-state index >= 15 is 0 Å². The summed E-state index contributed by atoms with van der Waals surface area (Å²) < 4.78 is 19.9. The summed E-state index contributed by atoms with van der Waals surface area (Å²) in [6.45, 7) is 4.29.